The van der Waals surface area contributed by atoms with Gasteiger partial charge in [0.25, 0.3) is 5.91 Å². The Morgan fingerprint density at radius 1 is 1.10 bits per heavy atom. The van der Waals surface area contributed by atoms with E-state index in [9.17, 15) is 13.2 Å². The van der Waals surface area contributed by atoms with E-state index >= 15 is 0 Å². The molecule has 2 aromatic carbocycles. The molecule has 0 saturated carbocycles. The van der Waals surface area contributed by atoms with Crippen LogP contribution < -0.4 is 4.90 Å². The zero-order chi connectivity index (χ0) is 22.2. The summed E-state index contributed by atoms with van der Waals surface area (Å²) in [6.45, 7) is 8.00. The molecule has 4 rings (SSSR count). The number of aromatic nitrogens is 1. The maximum atomic E-state index is 13.0. The largest absolute Gasteiger partial charge is 0.345 e. The van der Waals surface area contributed by atoms with Gasteiger partial charge in [0.15, 0.2) is 15.0 Å². The molecule has 31 heavy (non-hydrogen) atoms. The van der Waals surface area contributed by atoms with E-state index in [4.69, 9.17) is 4.98 Å². The van der Waals surface area contributed by atoms with Crippen LogP contribution in [0, 0.1) is 0 Å². The molecule has 0 aliphatic carbocycles. The second-order valence-corrected chi connectivity index (χ2v) is 11.5. The van der Waals surface area contributed by atoms with Crippen LogP contribution in [0.5, 0.6) is 0 Å². The molecule has 0 N–H and O–H groups in total. The van der Waals surface area contributed by atoms with Crippen molar-refractivity contribution < 1.29 is 13.2 Å². The molecule has 0 radical (unpaired) electrons. The summed E-state index contributed by atoms with van der Waals surface area (Å²) in [5.41, 5.74) is 2.75. The summed E-state index contributed by atoms with van der Waals surface area (Å²) in [6, 6.07) is 12.7. The van der Waals surface area contributed by atoms with Crippen molar-refractivity contribution in [3.8, 4) is 0 Å². The van der Waals surface area contributed by atoms with E-state index in [0.29, 0.717) is 31.7 Å². The number of sulfone groups is 1. The molecule has 0 spiro atoms. The summed E-state index contributed by atoms with van der Waals surface area (Å²) in [6.07, 6.45) is 0.953. The van der Waals surface area contributed by atoms with Gasteiger partial charge >= 0.3 is 0 Å². The molecule has 0 unspecified atom stereocenters. The van der Waals surface area contributed by atoms with Crippen molar-refractivity contribution >= 4 is 42.4 Å². The highest BCUT2D eigenvalue weighted by Gasteiger charge is 2.26. The molecule has 1 saturated heterocycles. The van der Waals surface area contributed by atoms with Crippen molar-refractivity contribution in [2.24, 2.45) is 0 Å². The Hall–Kier alpha value is -2.45. The second kappa shape index (κ2) is 8.59. The molecule has 0 atom stereocenters. The lowest BCUT2D eigenvalue weighted by atomic mass is 10.1. The molecule has 1 amide bonds. The molecular weight excluding hydrogens is 430 g/mol. The first-order chi connectivity index (χ1) is 14.8. The minimum absolute atomic E-state index is 0.127. The minimum atomic E-state index is -3.41. The highest BCUT2D eigenvalue weighted by Crippen LogP contribution is 2.31. The van der Waals surface area contributed by atoms with Gasteiger partial charge in [-0.3, -0.25) is 4.79 Å². The van der Waals surface area contributed by atoms with Crippen molar-refractivity contribution in [1.82, 2.24) is 9.88 Å². The quantitative estimate of drug-likeness (QED) is 0.579. The Morgan fingerprint density at radius 3 is 2.48 bits per heavy atom. The van der Waals surface area contributed by atoms with Crippen LogP contribution in [-0.2, 0) is 16.3 Å². The normalized spacial score (nSPS) is 15.1. The summed E-state index contributed by atoms with van der Waals surface area (Å²) in [5.74, 6) is -0.127. The van der Waals surface area contributed by atoms with Crippen molar-refractivity contribution in [3.63, 3.8) is 0 Å². The molecule has 1 aliphatic rings. The maximum Gasteiger partial charge on any atom is 0.254 e. The summed E-state index contributed by atoms with van der Waals surface area (Å²) in [5, 5.41) is 0.469. The first kappa shape index (κ1) is 21.8. The van der Waals surface area contributed by atoms with Gasteiger partial charge in [0.1, 0.15) is 0 Å². The van der Waals surface area contributed by atoms with Crippen molar-refractivity contribution in [1.29, 1.82) is 0 Å². The van der Waals surface area contributed by atoms with Crippen molar-refractivity contribution in [2.75, 3.05) is 31.1 Å². The Kier molecular flexibility index (Phi) is 6.03. The molecule has 8 heteroatoms. The lowest BCUT2D eigenvalue weighted by Gasteiger charge is -2.34. The van der Waals surface area contributed by atoms with E-state index in [1.165, 1.54) is 16.3 Å². The Bertz CT molecular complexity index is 1210. The average molecular weight is 458 g/mol. The number of carbonyl (C=O) groups is 1. The third-order valence-corrected chi connectivity index (χ3v) is 8.97. The van der Waals surface area contributed by atoms with Crippen molar-refractivity contribution in [2.45, 2.75) is 37.3 Å². The van der Waals surface area contributed by atoms with Gasteiger partial charge in [-0.1, -0.05) is 36.5 Å². The monoisotopic (exact) mass is 457 g/mol. The number of hydrogen-bond acceptors (Lipinski definition) is 6. The first-order valence-corrected chi connectivity index (χ1v) is 12.9. The predicted molar refractivity (Wildman–Crippen MR) is 126 cm³/mol. The summed E-state index contributed by atoms with van der Waals surface area (Å²) in [4.78, 5) is 22.1. The van der Waals surface area contributed by atoms with Crippen LogP contribution in [0.2, 0.25) is 0 Å². The molecule has 6 nitrogen and oxygen atoms in total. The molecule has 1 fully saturated rings. The third kappa shape index (κ3) is 4.19. The highest BCUT2D eigenvalue weighted by molar-refractivity contribution is 7.92. The van der Waals surface area contributed by atoms with Gasteiger partial charge in [-0.05, 0) is 50.1 Å². The molecule has 1 aromatic heterocycles. The standard InChI is InChI=1S/C23H27N3O3S2/c1-4-17-7-6-10-20-21(17)24-23(30-20)26-13-11-25(12-14-26)22(27)18-8-5-9-19(15-18)31(28,29)16(2)3/h5-10,15-16H,4,11-14H2,1-3H3. The lowest BCUT2D eigenvalue weighted by molar-refractivity contribution is 0.0746. The lowest BCUT2D eigenvalue weighted by Crippen LogP contribution is -2.48. The van der Waals surface area contributed by atoms with Gasteiger partial charge in [0.05, 0.1) is 20.4 Å². The van der Waals surface area contributed by atoms with Crippen LogP contribution in [-0.4, -0.2) is 55.6 Å². The number of anilines is 1. The van der Waals surface area contributed by atoms with Crippen LogP contribution in [0.25, 0.3) is 10.2 Å². The number of para-hydroxylation sites is 1. The third-order valence-electron chi connectivity index (χ3n) is 5.74. The fourth-order valence-corrected chi connectivity index (χ4v) is 5.95. The summed E-state index contributed by atoms with van der Waals surface area (Å²) in [7, 11) is -3.41. The summed E-state index contributed by atoms with van der Waals surface area (Å²) < 4.78 is 26.1. The van der Waals surface area contributed by atoms with Gasteiger partial charge in [-0.2, -0.15) is 0 Å². The van der Waals surface area contributed by atoms with E-state index in [1.807, 2.05) is 0 Å². The van der Waals surface area contributed by atoms with Gasteiger partial charge < -0.3 is 9.80 Å². The Labute approximate surface area is 187 Å². The molecular formula is C23H27N3O3S2. The van der Waals surface area contributed by atoms with E-state index in [2.05, 4.69) is 30.0 Å². The number of nitrogens with zero attached hydrogens (tertiary/aromatic N) is 3. The molecule has 164 valence electrons. The highest BCUT2D eigenvalue weighted by atomic mass is 32.2. The fraction of sp³-hybridized carbons (Fsp3) is 0.391. The number of benzene rings is 2. The number of amides is 1. The number of aryl methyl sites for hydroxylation is 1. The van der Waals surface area contributed by atoms with Gasteiger partial charge in [-0.15, -0.1) is 0 Å². The second-order valence-electron chi connectivity index (χ2n) is 8.01. The van der Waals surface area contributed by atoms with E-state index < -0.39 is 15.1 Å². The number of carbonyl (C=O) groups excluding carboxylic acids is 1. The maximum absolute atomic E-state index is 13.0. The minimum Gasteiger partial charge on any atom is -0.345 e. The zero-order valence-corrected chi connectivity index (χ0v) is 19.7. The first-order valence-electron chi connectivity index (χ1n) is 10.6. The van der Waals surface area contributed by atoms with Crippen LogP contribution in [0.1, 0.15) is 36.7 Å². The van der Waals surface area contributed by atoms with Crippen LogP contribution in [0.15, 0.2) is 47.4 Å². The topological polar surface area (TPSA) is 70.6 Å². The number of fused-ring (bicyclic) bond motifs is 1. The summed E-state index contributed by atoms with van der Waals surface area (Å²) >= 11 is 1.69. The molecule has 2 heterocycles. The van der Waals surface area contributed by atoms with Gasteiger partial charge in [0.2, 0.25) is 0 Å². The van der Waals surface area contributed by atoms with Crippen LogP contribution >= 0.6 is 11.3 Å². The SMILES string of the molecule is CCc1cccc2sc(N3CCN(C(=O)c4cccc(S(=O)(=O)C(C)C)c4)CC3)nc12. The smallest absolute Gasteiger partial charge is 0.254 e. The average Bonchev–Trinajstić information content (AvgIpc) is 3.23. The zero-order valence-electron chi connectivity index (χ0n) is 18.0. The van der Waals surface area contributed by atoms with Crippen LogP contribution in [0.4, 0.5) is 5.13 Å². The van der Waals surface area contributed by atoms with E-state index in [0.717, 1.165) is 17.1 Å². The Balaban J connectivity index is 1.47. The predicted octanol–water partition coefficient (Wildman–Crippen LogP) is 4.00. The fourth-order valence-electron chi connectivity index (χ4n) is 3.78. The number of hydrogen-bond donors (Lipinski definition) is 0. The van der Waals surface area contributed by atoms with Gasteiger partial charge in [-0.25, -0.2) is 13.4 Å². The number of piperazine rings is 1. The van der Waals surface area contributed by atoms with E-state index in [-0.39, 0.29) is 10.8 Å². The van der Waals surface area contributed by atoms with Crippen LogP contribution in [0.3, 0.4) is 0 Å². The molecule has 0 bridgehead atoms. The Morgan fingerprint density at radius 2 is 1.81 bits per heavy atom. The molecule has 1 aliphatic heterocycles. The van der Waals surface area contributed by atoms with E-state index in [1.54, 1.807) is 48.3 Å². The van der Waals surface area contributed by atoms with Gasteiger partial charge in [0, 0.05) is 31.7 Å². The van der Waals surface area contributed by atoms with Crippen molar-refractivity contribution in [3.05, 3.63) is 53.6 Å². The number of rotatable bonds is 5. The number of thiazole rings is 1. The molecule has 3 aromatic rings.